The van der Waals surface area contributed by atoms with Crippen LogP contribution < -0.4 is 0 Å². The van der Waals surface area contributed by atoms with Crippen LogP contribution in [0.1, 0.15) is 38.7 Å². The van der Waals surface area contributed by atoms with Crippen molar-refractivity contribution in [1.29, 1.82) is 0 Å². The summed E-state index contributed by atoms with van der Waals surface area (Å²) in [5.41, 5.74) is 2.48. The monoisotopic (exact) mass is 329 g/mol. The number of amides is 1. The molecule has 0 radical (unpaired) electrons. The maximum atomic E-state index is 12.5. The smallest absolute Gasteiger partial charge is 0.335 e. The number of nitrogens with zero attached hydrogens (tertiary/aromatic N) is 1. The molecule has 1 aliphatic rings. The van der Waals surface area contributed by atoms with Crippen LogP contribution in [0, 0.1) is 12.8 Å². The van der Waals surface area contributed by atoms with Gasteiger partial charge in [-0.1, -0.05) is 12.1 Å². The molecule has 1 N–H and O–H groups in total. The number of hydrogen-bond donors (Lipinski definition) is 1. The summed E-state index contributed by atoms with van der Waals surface area (Å²) in [6.45, 7) is 2.60. The van der Waals surface area contributed by atoms with Crippen LogP contribution in [0.2, 0.25) is 0 Å². The first-order chi connectivity index (χ1) is 11.0. The fourth-order valence-electron chi connectivity index (χ4n) is 2.91. The van der Waals surface area contributed by atoms with Crippen molar-refractivity contribution in [2.24, 2.45) is 5.92 Å². The van der Waals surface area contributed by atoms with E-state index in [2.05, 4.69) is 18.4 Å². The SMILES string of the molecule is Cc1ccsc1[C@@H]1C[C@@H]1C(=O)N(C)Cc1ccc(C(=O)O)cc1. The van der Waals surface area contributed by atoms with Crippen molar-refractivity contribution in [2.45, 2.75) is 25.8 Å². The van der Waals surface area contributed by atoms with Crippen molar-refractivity contribution in [3.8, 4) is 0 Å². The second-order valence-corrected chi connectivity index (χ2v) is 7.06. The lowest BCUT2D eigenvalue weighted by molar-refractivity contribution is -0.131. The lowest BCUT2D eigenvalue weighted by Gasteiger charge is -2.17. The van der Waals surface area contributed by atoms with E-state index in [1.165, 1.54) is 10.4 Å². The Bertz CT molecular complexity index is 735. The summed E-state index contributed by atoms with van der Waals surface area (Å²) in [7, 11) is 1.81. The normalized spacial score (nSPS) is 19.4. The van der Waals surface area contributed by atoms with E-state index in [-0.39, 0.29) is 17.4 Å². The molecular weight excluding hydrogens is 310 g/mol. The van der Waals surface area contributed by atoms with Crippen LogP contribution in [0.4, 0.5) is 0 Å². The number of benzene rings is 1. The third kappa shape index (κ3) is 3.29. The molecule has 1 aromatic carbocycles. The van der Waals surface area contributed by atoms with E-state index in [0.29, 0.717) is 12.5 Å². The largest absolute Gasteiger partial charge is 0.478 e. The molecule has 1 amide bonds. The predicted molar refractivity (Wildman–Crippen MR) is 89.8 cm³/mol. The average molecular weight is 329 g/mol. The fraction of sp³-hybridized carbons (Fsp3) is 0.333. The van der Waals surface area contributed by atoms with E-state index in [9.17, 15) is 9.59 Å². The van der Waals surface area contributed by atoms with Crippen molar-refractivity contribution < 1.29 is 14.7 Å². The molecule has 5 heteroatoms. The molecule has 1 heterocycles. The molecule has 2 aromatic rings. The van der Waals surface area contributed by atoms with E-state index in [4.69, 9.17) is 5.11 Å². The highest BCUT2D eigenvalue weighted by Crippen LogP contribution is 2.51. The van der Waals surface area contributed by atoms with Gasteiger partial charge in [0.05, 0.1) is 5.56 Å². The Kier molecular flexibility index (Phi) is 4.22. The predicted octanol–water partition coefficient (Wildman–Crippen LogP) is 3.52. The number of carbonyl (C=O) groups is 2. The molecule has 1 aromatic heterocycles. The maximum absolute atomic E-state index is 12.5. The Morgan fingerprint density at radius 2 is 1.96 bits per heavy atom. The van der Waals surface area contributed by atoms with Crippen LogP contribution in [-0.2, 0) is 11.3 Å². The zero-order valence-electron chi connectivity index (χ0n) is 13.2. The van der Waals surface area contributed by atoms with Gasteiger partial charge in [0.1, 0.15) is 0 Å². The highest BCUT2D eigenvalue weighted by Gasteiger charge is 2.46. The fourth-order valence-corrected chi connectivity index (χ4v) is 4.02. The average Bonchev–Trinajstić information content (AvgIpc) is 3.21. The molecule has 0 spiro atoms. The summed E-state index contributed by atoms with van der Waals surface area (Å²) in [4.78, 5) is 26.5. The summed E-state index contributed by atoms with van der Waals surface area (Å²) in [6.07, 6.45) is 0.933. The second kappa shape index (κ2) is 6.16. The van der Waals surface area contributed by atoms with Crippen molar-refractivity contribution in [1.82, 2.24) is 4.90 Å². The van der Waals surface area contributed by atoms with Crippen LogP contribution >= 0.6 is 11.3 Å². The molecule has 2 atom stereocenters. The van der Waals surface area contributed by atoms with Crippen LogP contribution in [0.15, 0.2) is 35.7 Å². The first-order valence-corrected chi connectivity index (χ1v) is 8.46. The number of thiophene rings is 1. The molecular formula is C18H19NO3S. The van der Waals surface area contributed by atoms with E-state index < -0.39 is 5.97 Å². The van der Waals surface area contributed by atoms with E-state index in [1.54, 1.807) is 40.5 Å². The van der Waals surface area contributed by atoms with Gasteiger partial charge in [0.25, 0.3) is 0 Å². The molecule has 1 saturated carbocycles. The standard InChI is InChI=1S/C18H19NO3S/c1-11-7-8-23-16(11)14-9-15(14)17(20)19(2)10-12-3-5-13(6-4-12)18(21)22/h3-8,14-15H,9-10H2,1-2H3,(H,21,22)/t14-,15+/m1/s1. The Hall–Kier alpha value is -2.14. The van der Waals surface area contributed by atoms with Crippen molar-refractivity contribution in [2.75, 3.05) is 7.05 Å². The van der Waals surface area contributed by atoms with Crippen molar-refractivity contribution in [3.63, 3.8) is 0 Å². The Morgan fingerprint density at radius 1 is 1.26 bits per heavy atom. The van der Waals surface area contributed by atoms with Crippen molar-refractivity contribution in [3.05, 3.63) is 57.3 Å². The third-order valence-electron chi connectivity index (χ3n) is 4.34. The maximum Gasteiger partial charge on any atom is 0.335 e. The quantitative estimate of drug-likeness (QED) is 0.913. The van der Waals surface area contributed by atoms with Crippen LogP contribution in [0.25, 0.3) is 0 Å². The number of rotatable bonds is 5. The molecule has 0 bridgehead atoms. The summed E-state index contributed by atoms with van der Waals surface area (Å²) >= 11 is 1.73. The van der Waals surface area contributed by atoms with Crippen LogP contribution in [0.5, 0.6) is 0 Å². The van der Waals surface area contributed by atoms with Crippen LogP contribution in [-0.4, -0.2) is 28.9 Å². The molecule has 3 rings (SSSR count). The minimum absolute atomic E-state index is 0.0932. The first kappa shape index (κ1) is 15.7. The topological polar surface area (TPSA) is 57.6 Å². The number of carboxylic acids is 1. The van der Waals surface area contributed by atoms with Gasteiger partial charge >= 0.3 is 5.97 Å². The zero-order chi connectivity index (χ0) is 16.6. The highest BCUT2D eigenvalue weighted by molar-refractivity contribution is 7.10. The van der Waals surface area contributed by atoms with Gasteiger partial charge in [-0.05, 0) is 48.1 Å². The lowest BCUT2D eigenvalue weighted by Crippen LogP contribution is -2.28. The van der Waals surface area contributed by atoms with Crippen LogP contribution in [0.3, 0.4) is 0 Å². The number of aryl methyl sites for hydroxylation is 1. The van der Waals surface area contributed by atoms with Gasteiger partial charge in [-0.25, -0.2) is 4.79 Å². The van der Waals surface area contributed by atoms with Gasteiger partial charge < -0.3 is 10.0 Å². The number of aromatic carboxylic acids is 1. The lowest BCUT2D eigenvalue weighted by atomic mass is 10.1. The summed E-state index contributed by atoms with van der Waals surface area (Å²) < 4.78 is 0. The third-order valence-corrected chi connectivity index (χ3v) is 5.49. The Balaban J connectivity index is 1.60. The molecule has 23 heavy (non-hydrogen) atoms. The summed E-state index contributed by atoms with van der Waals surface area (Å²) in [5.74, 6) is -0.298. The van der Waals surface area contributed by atoms with Gasteiger partial charge in [0.15, 0.2) is 0 Å². The Labute approximate surface area is 139 Å². The minimum atomic E-state index is -0.937. The van der Waals surface area contributed by atoms with Gasteiger partial charge in [-0.2, -0.15) is 0 Å². The molecule has 0 unspecified atom stereocenters. The molecule has 1 aliphatic carbocycles. The molecule has 0 saturated heterocycles. The number of carbonyl (C=O) groups excluding carboxylic acids is 1. The van der Waals surface area contributed by atoms with E-state index in [0.717, 1.165) is 12.0 Å². The van der Waals surface area contributed by atoms with Gasteiger partial charge in [0.2, 0.25) is 5.91 Å². The zero-order valence-corrected chi connectivity index (χ0v) is 14.0. The van der Waals surface area contributed by atoms with Gasteiger partial charge in [-0.3, -0.25) is 4.79 Å². The highest BCUT2D eigenvalue weighted by atomic mass is 32.1. The minimum Gasteiger partial charge on any atom is -0.478 e. The molecule has 4 nitrogen and oxygen atoms in total. The second-order valence-electron chi connectivity index (χ2n) is 6.11. The molecule has 1 fully saturated rings. The molecule has 120 valence electrons. The summed E-state index contributed by atoms with van der Waals surface area (Å²) in [5, 5.41) is 11.0. The van der Waals surface area contributed by atoms with Gasteiger partial charge in [-0.15, -0.1) is 11.3 Å². The van der Waals surface area contributed by atoms with Gasteiger partial charge in [0, 0.05) is 30.3 Å². The summed E-state index contributed by atoms with van der Waals surface area (Å²) in [6, 6.07) is 8.78. The Morgan fingerprint density at radius 3 is 2.52 bits per heavy atom. The molecule has 0 aliphatic heterocycles. The van der Waals surface area contributed by atoms with E-state index in [1.807, 2.05) is 7.05 Å². The first-order valence-electron chi connectivity index (χ1n) is 7.58. The van der Waals surface area contributed by atoms with Crippen molar-refractivity contribution >= 4 is 23.2 Å². The number of carboxylic acid groups (broad SMARTS) is 1. The van der Waals surface area contributed by atoms with E-state index >= 15 is 0 Å². The number of hydrogen-bond acceptors (Lipinski definition) is 3.